The third kappa shape index (κ3) is 2.93. The highest BCUT2D eigenvalue weighted by Gasteiger charge is 2.56. The van der Waals surface area contributed by atoms with Crippen LogP contribution < -0.4 is 0 Å². The number of ether oxygens (including phenoxy) is 2. The van der Waals surface area contributed by atoms with Gasteiger partial charge in [0.25, 0.3) is 0 Å². The molecular formula is C14H24O4Si. The largest absolute Gasteiger partial charge is 0.462 e. The smallest absolute Gasteiger partial charge is 0.339 e. The molecule has 0 aromatic heterocycles. The van der Waals surface area contributed by atoms with E-state index >= 15 is 0 Å². The van der Waals surface area contributed by atoms with Crippen molar-refractivity contribution in [2.45, 2.75) is 51.6 Å². The van der Waals surface area contributed by atoms with E-state index in [2.05, 4.69) is 19.6 Å². The number of esters is 1. The van der Waals surface area contributed by atoms with E-state index in [0.29, 0.717) is 18.8 Å². The van der Waals surface area contributed by atoms with Crippen LogP contribution in [0.2, 0.25) is 19.6 Å². The zero-order valence-corrected chi connectivity index (χ0v) is 13.3. The van der Waals surface area contributed by atoms with Crippen molar-refractivity contribution in [3.05, 3.63) is 11.6 Å². The minimum Gasteiger partial charge on any atom is -0.462 e. The molecule has 2 rings (SSSR count). The van der Waals surface area contributed by atoms with Crippen molar-refractivity contribution >= 4 is 14.3 Å². The van der Waals surface area contributed by atoms with Gasteiger partial charge >= 0.3 is 5.97 Å². The third-order valence-corrected chi connectivity index (χ3v) is 4.33. The molecule has 2 atom stereocenters. The second kappa shape index (κ2) is 5.38. The molecule has 19 heavy (non-hydrogen) atoms. The summed E-state index contributed by atoms with van der Waals surface area (Å²) in [6, 6.07) is 0. The summed E-state index contributed by atoms with van der Waals surface area (Å²) in [7, 11) is -1.81. The van der Waals surface area contributed by atoms with Gasteiger partial charge in [-0.15, -0.1) is 0 Å². The van der Waals surface area contributed by atoms with E-state index < -0.39 is 14.1 Å². The number of rotatable bonds is 4. The lowest BCUT2D eigenvalue weighted by atomic mass is 9.76. The van der Waals surface area contributed by atoms with E-state index in [1.807, 2.05) is 13.0 Å². The van der Waals surface area contributed by atoms with Crippen LogP contribution in [0.25, 0.3) is 0 Å². The zero-order chi connectivity index (χ0) is 14.1. The maximum absolute atomic E-state index is 12.0. The molecule has 0 aromatic carbocycles. The summed E-state index contributed by atoms with van der Waals surface area (Å²) in [6.45, 7) is 9.20. The van der Waals surface area contributed by atoms with Crippen LogP contribution in [0.1, 0.15) is 26.2 Å². The second-order valence-corrected chi connectivity index (χ2v) is 10.6. The Morgan fingerprint density at radius 1 is 1.47 bits per heavy atom. The van der Waals surface area contributed by atoms with Crippen LogP contribution >= 0.6 is 0 Å². The Hall–Kier alpha value is -0.653. The Bertz CT molecular complexity index is 385. The van der Waals surface area contributed by atoms with E-state index in [1.165, 1.54) is 0 Å². The molecule has 0 radical (unpaired) electrons. The predicted molar refractivity (Wildman–Crippen MR) is 75.2 cm³/mol. The normalized spacial score (nSPS) is 30.7. The average molecular weight is 284 g/mol. The number of hydrogen-bond acceptors (Lipinski definition) is 4. The Kier molecular flexibility index (Phi) is 4.18. The van der Waals surface area contributed by atoms with Gasteiger partial charge in [0.05, 0.1) is 18.8 Å². The molecule has 5 heteroatoms. The molecule has 1 saturated heterocycles. The lowest BCUT2D eigenvalue weighted by Gasteiger charge is -2.48. The molecule has 2 aliphatic rings. The SMILES string of the molecule is CCOC(=O)C1=C[C@@H]2CCCCO[C@]12O[Si](C)(C)C. The van der Waals surface area contributed by atoms with E-state index in [0.717, 1.165) is 19.3 Å². The minimum atomic E-state index is -1.81. The topological polar surface area (TPSA) is 44.8 Å². The summed E-state index contributed by atoms with van der Waals surface area (Å²) in [5.41, 5.74) is 0.573. The van der Waals surface area contributed by atoms with Crippen molar-refractivity contribution in [2.75, 3.05) is 13.2 Å². The third-order valence-electron chi connectivity index (χ3n) is 3.41. The summed E-state index contributed by atoms with van der Waals surface area (Å²) >= 11 is 0. The average Bonchev–Trinajstić information content (AvgIpc) is 2.41. The predicted octanol–water partition coefficient (Wildman–Crippen LogP) is 2.85. The van der Waals surface area contributed by atoms with Crippen molar-refractivity contribution in [3.8, 4) is 0 Å². The fourth-order valence-corrected chi connectivity index (χ4v) is 3.94. The second-order valence-electron chi connectivity index (χ2n) is 6.13. The first-order valence-electron chi connectivity index (χ1n) is 7.12. The molecule has 0 bridgehead atoms. The van der Waals surface area contributed by atoms with Gasteiger partial charge in [0.15, 0.2) is 14.1 Å². The molecule has 4 nitrogen and oxygen atoms in total. The molecule has 0 amide bonds. The van der Waals surface area contributed by atoms with Gasteiger partial charge in [-0.2, -0.15) is 0 Å². The molecule has 1 heterocycles. The molecule has 0 N–H and O–H groups in total. The zero-order valence-electron chi connectivity index (χ0n) is 12.3. The highest BCUT2D eigenvalue weighted by atomic mass is 28.4. The van der Waals surface area contributed by atoms with Crippen LogP contribution in [0.4, 0.5) is 0 Å². The van der Waals surface area contributed by atoms with E-state index in [4.69, 9.17) is 13.9 Å². The van der Waals surface area contributed by atoms with Crippen LogP contribution in [0.15, 0.2) is 11.6 Å². The molecule has 108 valence electrons. The number of hydrogen-bond donors (Lipinski definition) is 0. The first-order valence-corrected chi connectivity index (χ1v) is 10.5. The Morgan fingerprint density at radius 3 is 2.84 bits per heavy atom. The van der Waals surface area contributed by atoms with Gasteiger partial charge in [-0.1, -0.05) is 12.5 Å². The van der Waals surface area contributed by atoms with Crippen molar-refractivity contribution in [3.63, 3.8) is 0 Å². The molecule has 0 spiro atoms. The Labute approximate surface area is 116 Å². The maximum atomic E-state index is 12.0. The first-order chi connectivity index (χ1) is 8.89. The lowest BCUT2D eigenvalue weighted by Crippen LogP contribution is -2.57. The van der Waals surface area contributed by atoms with Gasteiger partial charge in [0, 0.05) is 5.92 Å². The fourth-order valence-electron chi connectivity index (χ4n) is 2.71. The molecular weight excluding hydrogens is 260 g/mol. The van der Waals surface area contributed by atoms with Crippen LogP contribution in [0, 0.1) is 5.92 Å². The minimum absolute atomic E-state index is 0.195. The highest BCUT2D eigenvalue weighted by molar-refractivity contribution is 6.69. The van der Waals surface area contributed by atoms with Crippen molar-refractivity contribution < 1.29 is 18.7 Å². The highest BCUT2D eigenvalue weighted by Crippen LogP contribution is 2.48. The molecule has 0 saturated carbocycles. The monoisotopic (exact) mass is 284 g/mol. The Morgan fingerprint density at radius 2 is 2.21 bits per heavy atom. The van der Waals surface area contributed by atoms with Crippen molar-refractivity contribution in [2.24, 2.45) is 5.92 Å². The van der Waals surface area contributed by atoms with Crippen molar-refractivity contribution in [1.29, 1.82) is 0 Å². The van der Waals surface area contributed by atoms with Crippen LogP contribution in [0.5, 0.6) is 0 Å². The van der Waals surface area contributed by atoms with Gasteiger partial charge in [0.2, 0.25) is 0 Å². The number of carbonyl (C=O) groups is 1. The van der Waals surface area contributed by atoms with Gasteiger partial charge in [-0.25, -0.2) is 4.79 Å². The van der Waals surface area contributed by atoms with Gasteiger partial charge < -0.3 is 13.9 Å². The van der Waals surface area contributed by atoms with Gasteiger partial charge in [-0.05, 0) is 39.4 Å². The lowest BCUT2D eigenvalue weighted by molar-refractivity contribution is -0.202. The summed E-state index contributed by atoms with van der Waals surface area (Å²) < 4.78 is 17.4. The standard InChI is InChI=1S/C14H24O4Si/c1-5-16-13(15)12-10-11-8-6-7-9-17-14(11,12)18-19(2,3)4/h10-11H,5-9H2,1-4H3/t11-,14+/m0/s1. The van der Waals surface area contributed by atoms with Crippen LogP contribution in [0.3, 0.4) is 0 Å². The van der Waals surface area contributed by atoms with Gasteiger partial charge in [0.1, 0.15) is 0 Å². The number of carbonyl (C=O) groups excluding carboxylic acids is 1. The fraction of sp³-hybridized carbons (Fsp3) is 0.786. The summed E-state index contributed by atoms with van der Waals surface area (Å²) in [5.74, 6) is -0.923. The van der Waals surface area contributed by atoms with Crippen molar-refractivity contribution in [1.82, 2.24) is 0 Å². The molecule has 1 aliphatic heterocycles. The molecule has 0 aromatic rings. The summed E-state index contributed by atoms with van der Waals surface area (Å²) in [6.07, 6.45) is 5.14. The van der Waals surface area contributed by atoms with Crippen LogP contribution in [-0.2, 0) is 18.7 Å². The van der Waals surface area contributed by atoms with E-state index in [-0.39, 0.29) is 11.9 Å². The maximum Gasteiger partial charge on any atom is 0.339 e. The number of fused-ring (bicyclic) bond motifs is 1. The van der Waals surface area contributed by atoms with Gasteiger partial charge in [-0.3, -0.25) is 0 Å². The van der Waals surface area contributed by atoms with Crippen LogP contribution in [-0.4, -0.2) is 33.3 Å². The van der Waals surface area contributed by atoms with E-state index in [1.54, 1.807) is 0 Å². The quantitative estimate of drug-likeness (QED) is 0.588. The van der Waals surface area contributed by atoms with E-state index in [9.17, 15) is 4.79 Å². The summed E-state index contributed by atoms with van der Waals surface area (Å²) in [5, 5.41) is 0. The first kappa shape index (κ1) is 14.7. The Balaban J connectivity index is 2.25. The summed E-state index contributed by atoms with van der Waals surface area (Å²) in [4.78, 5) is 12.0. The molecule has 1 fully saturated rings. The molecule has 0 unspecified atom stereocenters. The molecule has 1 aliphatic carbocycles.